The number of rotatable bonds is 3. The molecule has 3 rings (SSSR count). The zero-order valence-corrected chi connectivity index (χ0v) is 12.1. The maximum Gasteiger partial charge on any atom is 0.204 e. The largest absolute Gasteiger partial charge is 0.343 e. The molecule has 0 atom stereocenters. The zero-order valence-electron chi connectivity index (χ0n) is 10.5. The van der Waals surface area contributed by atoms with Crippen molar-refractivity contribution in [2.45, 2.75) is 5.79 Å². The predicted octanol–water partition coefficient (Wildman–Crippen LogP) is 3.95. The Morgan fingerprint density at radius 2 is 1.42 bits per heavy atom. The van der Waals surface area contributed by atoms with Crippen LogP contribution < -0.4 is 0 Å². The Morgan fingerprint density at radius 1 is 0.842 bits per heavy atom. The van der Waals surface area contributed by atoms with Gasteiger partial charge in [0.25, 0.3) is 0 Å². The molecule has 2 aromatic rings. The van der Waals surface area contributed by atoms with E-state index in [4.69, 9.17) is 9.47 Å². The monoisotopic (exact) mass is 318 g/mol. The van der Waals surface area contributed by atoms with Crippen LogP contribution in [0.25, 0.3) is 11.1 Å². The molecule has 19 heavy (non-hydrogen) atoms. The van der Waals surface area contributed by atoms with Crippen molar-refractivity contribution in [3.63, 3.8) is 0 Å². The van der Waals surface area contributed by atoms with E-state index in [2.05, 4.69) is 52.3 Å². The van der Waals surface area contributed by atoms with Crippen LogP contribution >= 0.6 is 15.9 Å². The lowest BCUT2D eigenvalue weighted by molar-refractivity contribution is -0.144. The summed E-state index contributed by atoms with van der Waals surface area (Å²) in [7, 11) is 0. The molecule has 2 aromatic carbocycles. The second-order valence-corrected chi connectivity index (χ2v) is 5.09. The van der Waals surface area contributed by atoms with Gasteiger partial charge >= 0.3 is 0 Å². The quantitative estimate of drug-likeness (QED) is 0.798. The number of ether oxygens (including phenoxy) is 2. The fraction of sp³-hybridized carbons (Fsp3) is 0.250. The normalized spacial score (nSPS) is 17.5. The summed E-state index contributed by atoms with van der Waals surface area (Å²) in [5, 5.41) is 0.644. The average molecular weight is 319 g/mol. The van der Waals surface area contributed by atoms with Crippen LogP contribution in [0.15, 0.2) is 54.6 Å². The number of benzene rings is 2. The molecular weight excluding hydrogens is 304 g/mol. The molecule has 1 fully saturated rings. The molecule has 0 bridgehead atoms. The van der Waals surface area contributed by atoms with Crippen LogP contribution in [0.2, 0.25) is 0 Å². The van der Waals surface area contributed by atoms with Crippen LogP contribution in [0.5, 0.6) is 0 Å². The molecule has 0 aromatic heterocycles. The third-order valence-corrected chi connectivity index (χ3v) is 4.10. The summed E-state index contributed by atoms with van der Waals surface area (Å²) < 4.78 is 11.5. The van der Waals surface area contributed by atoms with E-state index in [1.807, 2.05) is 18.2 Å². The fourth-order valence-corrected chi connectivity index (χ4v) is 2.97. The smallest absolute Gasteiger partial charge is 0.204 e. The Balaban J connectivity index is 1.91. The summed E-state index contributed by atoms with van der Waals surface area (Å²) in [4.78, 5) is 0. The highest BCUT2D eigenvalue weighted by Crippen LogP contribution is 2.34. The van der Waals surface area contributed by atoms with Crippen molar-refractivity contribution in [1.29, 1.82) is 0 Å². The zero-order chi connectivity index (χ0) is 13.1. The third-order valence-electron chi connectivity index (χ3n) is 3.36. The van der Waals surface area contributed by atoms with Gasteiger partial charge in [-0.15, -0.1) is 0 Å². The second kappa shape index (κ2) is 5.45. The van der Waals surface area contributed by atoms with Gasteiger partial charge in [0.05, 0.1) is 18.5 Å². The first-order valence-corrected chi connectivity index (χ1v) is 7.46. The molecule has 0 spiro atoms. The molecule has 98 valence electrons. The first-order valence-electron chi connectivity index (χ1n) is 6.34. The molecule has 0 saturated carbocycles. The SMILES string of the molecule is BrCC1(c2ccc(-c3ccccc3)cc2)OCCO1. The topological polar surface area (TPSA) is 18.5 Å². The van der Waals surface area contributed by atoms with E-state index in [-0.39, 0.29) is 0 Å². The Morgan fingerprint density at radius 3 is 2.00 bits per heavy atom. The highest BCUT2D eigenvalue weighted by Gasteiger charge is 2.37. The number of hydrogen-bond donors (Lipinski definition) is 0. The van der Waals surface area contributed by atoms with Crippen molar-refractivity contribution in [2.24, 2.45) is 0 Å². The van der Waals surface area contributed by atoms with E-state index >= 15 is 0 Å². The first-order chi connectivity index (χ1) is 9.34. The summed E-state index contributed by atoms with van der Waals surface area (Å²) in [6.07, 6.45) is 0. The fourth-order valence-electron chi connectivity index (χ4n) is 2.32. The molecular formula is C16H15BrO2. The molecule has 2 nitrogen and oxygen atoms in total. The lowest BCUT2D eigenvalue weighted by atomic mass is 10.0. The van der Waals surface area contributed by atoms with Gasteiger partial charge < -0.3 is 9.47 Å². The first kappa shape index (κ1) is 12.9. The summed E-state index contributed by atoms with van der Waals surface area (Å²) in [6, 6.07) is 18.7. The van der Waals surface area contributed by atoms with E-state index < -0.39 is 5.79 Å². The van der Waals surface area contributed by atoms with Gasteiger partial charge in [0, 0.05) is 5.56 Å². The minimum Gasteiger partial charge on any atom is -0.343 e. The van der Waals surface area contributed by atoms with Gasteiger partial charge in [-0.3, -0.25) is 0 Å². The van der Waals surface area contributed by atoms with E-state index in [9.17, 15) is 0 Å². The minimum absolute atomic E-state index is 0.616. The third kappa shape index (κ3) is 2.46. The lowest BCUT2D eigenvalue weighted by Gasteiger charge is -2.25. The van der Waals surface area contributed by atoms with Crippen LogP contribution in [0.1, 0.15) is 5.56 Å². The van der Waals surface area contributed by atoms with Crippen LogP contribution in [-0.4, -0.2) is 18.5 Å². The van der Waals surface area contributed by atoms with Gasteiger partial charge in [0.1, 0.15) is 0 Å². The molecule has 0 N–H and O–H groups in total. The molecule has 0 radical (unpaired) electrons. The number of alkyl halides is 1. The highest BCUT2D eigenvalue weighted by atomic mass is 79.9. The Labute approximate surface area is 121 Å². The molecule has 0 aliphatic carbocycles. The molecule has 1 saturated heterocycles. The van der Waals surface area contributed by atoms with Gasteiger partial charge in [0.2, 0.25) is 5.79 Å². The number of hydrogen-bond acceptors (Lipinski definition) is 2. The predicted molar refractivity (Wildman–Crippen MR) is 79.3 cm³/mol. The highest BCUT2D eigenvalue weighted by molar-refractivity contribution is 9.09. The molecule has 0 amide bonds. The molecule has 0 unspecified atom stereocenters. The number of halogens is 1. The van der Waals surface area contributed by atoms with Crippen molar-refractivity contribution in [1.82, 2.24) is 0 Å². The van der Waals surface area contributed by atoms with Gasteiger partial charge in [-0.2, -0.15) is 0 Å². The van der Waals surface area contributed by atoms with Gasteiger partial charge in [-0.05, 0) is 11.1 Å². The molecule has 1 aliphatic rings. The summed E-state index contributed by atoms with van der Waals surface area (Å²) in [5.41, 5.74) is 3.48. The molecule has 1 aliphatic heterocycles. The van der Waals surface area contributed by atoms with Crippen LogP contribution in [-0.2, 0) is 15.3 Å². The summed E-state index contributed by atoms with van der Waals surface area (Å²) in [6.45, 7) is 1.29. The Bertz CT molecular complexity index is 530. The van der Waals surface area contributed by atoms with Crippen LogP contribution in [0, 0.1) is 0 Å². The molecule has 3 heteroatoms. The Kier molecular flexibility index (Phi) is 3.69. The van der Waals surface area contributed by atoms with Crippen molar-refractivity contribution >= 4 is 15.9 Å². The van der Waals surface area contributed by atoms with Crippen molar-refractivity contribution in [3.8, 4) is 11.1 Å². The van der Waals surface area contributed by atoms with Crippen LogP contribution in [0.3, 0.4) is 0 Å². The Hall–Kier alpha value is -1.16. The average Bonchev–Trinajstić information content (AvgIpc) is 2.98. The van der Waals surface area contributed by atoms with E-state index in [0.717, 1.165) is 5.56 Å². The lowest BCUT2D eigenvalue weighted by Crippen LogP contribution is -2.28. The van der Waals surface area contributed by atoms with Crippen molar-refractivity contribution in [2.75, 3.05) is 18.5 Å². The van der Waals surface area contributed by atoms with Crippen molar-refractivity contribution in [3.05, 3.63) is 60.2 Å². The van der Waals surface area contributed by atoms with E-state index in [1.54, 1.807) is 0 Å². The summed E-state index contributed by atoms with van der Waals surface area (Å²) >= 11 is 3.48. The van der Waals surface area contributed by atoms with Gasteiger partial charge in [-0.1, -0.05) is 70.5 Å². The standard InChI is InChI=1S/C16H15BrO2/c17-12-16(18-10-11-19-16)15-8-6-14(7-9-15)13-4-2-1-3-5-13/h1-9H,10-12H2. The van der Waals surface area contributed by atoms with E-state index in [1.165, 1.54) is 11.1 Å². The van der Waals surface area contributed by atoms with Crippen LogP contribution in [0.4, 0.5) is 0 Å². The van der Waals surface area contributed by atoms with Gasteiger partial charge in [-0.25, -0.2) is 0 Å². The van der Waals surface area contributed by atoms with Gasteiger partial charge in [0.15, 0.2) is 0 Å². The summed E-state index contributed by atoms with van der Waals surface area (Å²) in [5.74, 6) is -0.616. The minimum atomic E-state index is -0.616. The maximum atomic E-state index is 5.75. The van der Waals surface area contributed by atoms with E-state index in [0.29, 0.717) is 18.5 Å². The molecule has 1 heterocycles. The second-order valence-electron chi connectivity index (χ2n) is 4.53. The van der Waals surface area contributed by atoms with Crippen molar-refractivity contribution < 1.29 is 9.47 Å². The maximum absolute atomic E-state index is 5.75.